The molecular formula is C16H15ClN4OS. The van der Waals surface area contributed by atoms with E-state index in [1.54, 1.807) is 18.9 Å². The average molecular weight is 347 g/mol. The summed E-state index contributed by atoms with van der Waals surface area (Å²) in [5.74, 6) is 0.734. The molecule has 0 bridgehead atoms. The number of halogens is 1. The van der Waals surface area contributed by atoms with E-state index < -0.39 is 0 Å². The monoisotopic (exact) mass is 346 g/mol. The van der Waals surface area contributed by atoms with Crippen molar-refractivity contribution in [1.29, 1.82) is 0 Å². The molecule has 0 saturated carbocycles. The second-order valence-corrected chi connectivity index (χ2v) is 6.31. The Hall–Kier alpha value is -2.18. The quantitative estimate of drug-likeness (QED) is 0.727. The van der Waals surface area contributed by atoms with Gasteiger partial charge >= 0.3 is 0 Å². The number of hydrogen-bond acceptors (Lipinski definition) is 5. The summed E-state index contributed by atoms with van der Waals surface area (Å²) in [5.41, 5.74) is 1.95. The minimum Gasteiger partial charge on any atom is -0.365 e. The van der Waals surface area contributed by atoms with Crippen LogP contribution in [-0.2, 0) is 11.3 Å². The number of aromatic nitrogens is 2. The van der Waals surface area contributed by atoms with Gasteiger partial charge in [-0.05, 0) is 40.7 Å². The molecule has 3 aromatic rings. The predicted octanol–water partition coefficient (Wildman–Crippen LogP) is 3.94. The zero-order valence-electron chi connectivity index (χ0n) is 12.7. The fourth-order valence-electron chi connectivity index (χ4n) is 2.17. The van der Waals surface area contributed by atoms with Gasteiger partial charge in [0, 0.05) is 26.2 Å². The Bertz CT molecular complexity index is 847. The van der Waals surface area contributed by atoms with Crippen molar-refractivity contribution in [2.24, 2.45) is 0 Å². The lowest BCUT2D eigenvalue weighted by Gasteiger charge is -2.15. The summed E-state index contributed by atoms with van der Waals surface area (Å²) in [6, 6.07) is 9.78. The fraction of sp³-hybridized carbons (Fsp3) is 0.188. The highest BCUT2D eigenvalue weighted by atomic mass is 35.5. The van der Waals surface area contributed by atoms with E-state index in [0.29, 0.717) is 6.54 Å². The van der Waals surface area contributed by atoms with Gasteiger partial charge < -0.3 is 10.2 Å². The van der Waals surface area contributed by atoms with E-state index in [4.69, 9.17) is 11.6 Å². The molecular weight excluding hydrogens is 332 g/mol. The number of carbonyl (C=O) groups is 1. The molecule has 7 heteroatoms. The molecule has 0 radical (unpaired) electrons. The second-order valence-electron chi connectivity index (χ2n) is 5.08. The summed E-state index contributed by atoms with van der Waals surface area (Å²) in [6.45, 7) is 2.16. The van der Waals surface area contributed by atoms with Gasteiger partial charge in [-0.2, -0.15) is 0 Å². The van der Waals surface area contributed by atoms with Crippen molar-refractivity contribution >= 4 is 50.6 Å². The van der Waals surface area contributed by atoms with Gasteiger partial charge in [-0.3, -0.25) is 4.79 Å². The summed E-state index contributed by atoms with van der Waals surface area (Å²) < 4.78 is 0. The maximum atomic E-state index is 11.4. The summed E-state index contributed by atoms with van der Waals surface area (Å²) >= 11 is 7.49. The van der Waals surface area contributed by atoms with Gasteiger partial charge in [-0.25, -0.2) is 9.97 Å². The molecule has 5 nitrogen and oxygen atoms in total. The van der Waals surface area contributed by atoms with Crippen LogP contribution in [0.5, 0.6) is 0 Å². The van der Waals surface area contributed by atoms with Crippen LogP contribution in [0.2, 0.25) is 5.28 Å². The van der Waals surface area contributed by atoms with Crippen LogP contribution in [-0.4, -0.2) is 22.9 Å². The van der Waals surface area contributed by atoms with E-state index in [1.165, 1.54) is 11.3 Å². The van der Waals surface area contributed by atoms with Crippen molar-refractivity contribution in [3.63, 3.8) is 0 Å². The zero-order valence-corrected chi connectivity index (χ0v) is 14.3. The predicted molar refractivity (Wildman–Crippen MR) is 95.3 cm³/mol. The lowest BCUT2D eigenvalue weighted by atomic mass is 10.2. The third kappa shape index (κ3) is 3.43. The number of nitrogens with one attached hydrogen (secondary N) is 1. The van der Waals surface area contributed by atoms with E-state index in [2.05, 4.69) is 15.3 Å². The van der Waals surface area contributed by atoms with E-state index in [9.17, 15) is 4.79 Å². The maximum Gasteiger partial charge on any atom is 0.225 e. The van der Waals surface area contributed by atoms with Crippen molar-refractivity contribution in [2.45, 2.75) is 13.5 Å². The van der Waals surface area contributed by atoms with Crippen molar-refractivity contribution < 1.29 is 4.79 Å². The van der Waals surface area contributed by atoms with Gasteiger partial charge in [0.1, 0.15) is 10.6 Å². The summed E-state index contributed by atoms with van der Waals surface area (Å²) in [6.07, 6.45) is 0. The van der Waals surface area contributed by atoms with E-state index in [0.717, 1.165) is 27.3 Å². The minimum absolute atomic E-state index is 0.00588. The number of amides is 1. The van der Waals surface area contributed by atoms with Gasteiger partial charge in [0.15, 0.2) is 0 Å². The molecule has 0 aliphatic rings. The van der Waals surface area contributed by atoms with Crippen molar-refractivity contribution in [3.05, 3.63) is 46.6 Å². The van der Waals surface area contributed by atoms with E-state index >= 15 is 0 Å². The number of fused-ring (bicyclic) bond motifs is 1. The van der Waals surface area contributed by atoms with Crippen LogP contribution in [0.4, 0.5) is 11.5 Å². The zero-order chi connectivity index (χ0) is 16.4. The van der Waals surface area contributed by atoms with Crippen LogP contribution in [0.3, 0.4) is 0 Å². The number of rotatable bonds is 4. The molecule has 0 atom stereocenters. The number of nitrogens with zero attached hydrogens (tertiary/aromatic N) is 3. The Morgan fingerprint density at radius 3 is 2.70 bits per heavy atom. The van der Waals surface area contributed by atoms with Gasteiger partial charge in [0.05, 0.1) is 5.39 Å². The molecule has 1 aromatic carbocycles. The highest BCUT2D eigenvalue weighted by Crippen LogP contribution is 2.26. The molecule has 118 valence electrons. The number of anilines is 2. The number of carbonyl (C=O) groups excluding carboxylic acids is 1. The highest BCUT2D eigenvalue weighted by molar-refractivity contribution is 7.16. The summed E-state index contributed by atoms with van der Waals surface area (Å²) in [5, 5.41) is 6.46. The molecule has 1 amide bonds. The van der Waals surface area contributed by atoms with Crippen LogP contribution >= 0.6 is 22.9 Å². The Kier molecular flexibility index (Phi) is 4.45. The second kappa shape index (κ2) is 6.52. The largest absolute Gasteiger partial charge is 0.365 e. The van der Waals surface area contributed by atoms with Gasteiger partial charge in [-0.1, -0.05) is 12.1 Å². The molecule has 0 aliphatic heterocycles. The standard InChI is InChI=1S/C16H15ClN4OS/c1-10(22)21(2)12-5-3-11(4-6-12)9-18-14-13-7-8-23-15(13)20-16(17)19-14/h3-8H,9H2,1-2H3,(H,18,19,20). The minimum atomic E-state index is 0.00588. The molecule has 2 heterocycles. The topological polar surface area (TPSA) is 58.1 Å². The van der Waals surface area contributed by atoms with Crippen molar-refractivity contribution in [1.82, 2.24) is 9.97 Å². The first-order valence-electron chi connectivity index (χ1n) is 7.02. The van der Waals surface area contributed by atoms with E-state index in [1.807, 2.05) is 35.7 Å². The first kappa shape index (κ1) is 15.7. The van der Waals surface area contributed by atoms with Crippen LogP contribution < -0.4 is 10.2 Å². The third-order valence-electron chi connectivity index (χ3n) is 3.55. The van der Waals surface area contributed by atoms with Crippen molar-refractivity contribution in [3.8, 4) is 0 Å². The van der Waals surface area contributed by atoms with Crippen LogP contribution in [0.1, 0.15) is 12.5 Å². The first-order valence-corrected chi connectivity index (χ1v) is 8.28. The smallest absolute Gasteiger partial charge is 0.225 e. The Morgan fingerprint density at radius 1 is 1.26 bits per heavy atom. The third-order valence-corrected chi connectivity index (χ3v) is 4.53. The van der Waals surface area contributed by atoms with Gasteiger partial charge in [0.2, 0.25) is 11.2 Å². The van der Waals surface area contributed by atoms with Gasteiger partial charge in [0.25, 0.3) is 0 Å². The Labute approximate surface area is 142 Å². The van der Waals surface area contributed by atoms with Crippen molar-refractivity contribution in [2.75, 3.05) is 17.3 Å². The number of hydrogen-bond donors (Lipinski definition) is 1. The van der Waals surface area contributed by atoms with Crippen LogP contribution in [0.15, 0.2) is 35.7 Å². The lowest BCUT2D eigenvalue weighted by molar-refractivity contribution is -0.116. The number of thiophene rings is 1. The maximum absolute atomic E-state index is 11.4. The van der Waals surface area contributed by atoms with E-state index in [-0.39, 0.29) is 11.2 Å². The molecule has 1 N–H and O–H groups in total. The summed E-state index contributed by atoms with van der Waals surface area (Å²) in [4.78, 5) is 22.3. The lowest BCUT2D eigenvalue weighted by Crippen LogP contribution is -2.22. The fourth-order valence-corrected chi connectivity index (χ4v) is 3.15. The Balaban J connectivity index is 1.75. The molecule has 0 aliphatic carbocycles. The highest BCUT2D eigenvalue weighted by Gasteiger charge is 2.08. The number of benzene rings is 1. The molecule has 0 saturated heterocycles. The SMILES string of the molecule is CC(=O)N(C)c1ccc(CNc2nc(Cl)nc3sccc23)cc1. The normalized spacial score (nSPS) is 10.7. The molecule has 0 unspecified atom stereocenters. The molecule has 3 rings (SSSR count). The van der Waals surface area contributed by atoms with Gasteiger partial charge in [-0.15, -0.1) is 11.3 Å². The molecule has 0 spiro atoms. The Morgan fingerprint density at radius 2 is 2.00 bits per heavy atom. The molecule has 2 aromatic heterocycles. The van der Waals surface area contributed by atoms with Crippen LogP contribution in [0, 0.1) is 0 Å². The average Bonchev–Trinajstić information content (AvgIpc) is 3.00. The summed E-state index contributed by atoms with van der Waals surface area (Å²) in [7, 11) is 1.76. The molecule has 0 fully saturated rings. The van der Waals surface area contributed by atoms with Crippen LogP contribution in [0.25, 0.3) is 10.2 Å². The first-order chi connectivity index (χ1) is 11.0. The molecule has 23 heavy (non-hydrogen) atoms.